The van der Waals surface area contributed by atoms with Crippen LogP contribution in [0.2, 0.25) is 0 Å². The Kier molecular flexibility index (Phi) is 4.89. The molecule has 1 aliphatic carbocycles. The highest BCUT2D eigenvalue weighted by Gasteiger charge is 2.47. The molecule has 132 valence electrons. The Morgan fingerprint density at radius 2 is 2.21 bits per heavy atom. The maximum absolute atomic E-state index is 12.8. The lowest BCUT2D eigenvalue weighted by molar-refractivity contribution is 0.00730. The highest BCUT2D eigenvalue weighted by atomic mass is 16.2. The van der Waals surface area contributed by atoms with Crippen LogP contribution in [0.25, 0.3) is 0 Å². The molecule has 1 unspecified atom stereocenters. The van der Waals surface area contributed by atoms with Gasteiger partial charge in [0.15, 0.2) is 0 Å². The molecule has 2 fully saturated rings. The zero-order valence-corrected chi connectivity index (χ0v) is 14.7. The van der Waals surface area contributed by atoms with Crippen molar-refractivity contribution in [3.63, 3.8) is 0 Å². The minimum Gasteiger partial charge on any atom is -0.363 e. The highest BCUT2D eigenvalue weighted by molar-refractivity contribution is 5.88. The van der Waals surface area contributed by atoms with Crippen LogP contribution in [0, 0.1) is 5.41 Å². The minimum absolute atomic E-state index is 0.102. The number of aromatic nitrogens is 2. The summed E-state index contributed by atoms with van der Waals surface area (Å²) in [6, 6.07) is 1.95. The lowest BCUT2D eigenvalue weighted by Gasteiger charge is -2.52. The summed E-state index contributed by atoms with van der Waals surface area (Å²) < 4.78 is 0. The second kappa shape index (κ2) is 6.93. The van der Waals surface area contributed by atoms with Crippen molar-refractivity contribution in [3.05, 3.63) is 12.3 Å². The summed E-state index contributed by atoms with van der Waals surface area (Å²) >= 11 is 0. The maximum Gasteiger partial charge on any atom is 0.324 e. The van der Waals surface area contributed by atoms with Crippen LogP contribution < -0.4 is 16.0 Å². The molecule has 3 N–H and O–H groups in total. The molecule has 2 heterocycles. The second-order valence-electron chi connectivity index (χ2n) is 7.19. The van der Waals surface area contributed by atoms with Gasteiger partial charge in [-0.3, -0.25) is 5.32 Å². The number of anilines is 2. The van der Waals surface area contributed by atoms with Crippen molar-refractivity contribution in [2.24, 2.45) is 11.1 Å². The molecule has 1 aromatic heterocycles. The molecular formula is C17H28N6O. The van der Waals surface area contributed by atoms with Crippen molar-refractivity contribution in [3.8, 4) is 0 Å². The van der Waals surface area contributed by atoms with Crippen LogP contribution in [0.3, 0.4) is 0 Å². The van der Waals surface area contributed by atoms with Gasteiger partial charge in [0.1, 0.15) is 5.82 Å². The van der Waals surface area contributed by atoms with E-state index >= 15 is 0 Å². The van der Waals surface area contributed by atoms with Crippen LogP contribution in [0.4, 0.5) is 16.6 Å². The van der Waals surface area contributed by atoms with E-state index in [9.17, 15) is 4.79 Å². The number of nitrogens with one attached hydrogen (secondary N) is 1. The van der Waals surface area contributed by atoms with E-state index in [4.69, 9.17) is 5.73 Å². The lowest BCUT2D eigenvalue weighted by atomic mass is 9.62. The van der Waals surface area contributed by atoms with Crippen molar-refractivity contribution in [1.82, 2.24) is 14.9 Å². The molecule has 7 heteroatoms. The Bertz CT molecular complexity index is 581. The van der Waals surface area contributed by atoms with Crippen molar-refractivity contribution >= 4 is 17.8 Å². The standard InChI is InChI=1S/C17H28N6O/c1-22(2)14-7-10-19-15(20-14)21-16(24)23-11-4-3-6-13(23)17(12-18)8-5-9-17/h7,10,13H,3-6,8-9,11-12,18H2,1-2H3,(H,19,20,21,24). The van der Waals surface area contributed by atoms with Gasteiger partial charge in [-0.25, -0.2) is 9.78 Å². The molecule has 0 aromatic carbocycles. The first-order chi connectivity index (χ1) is 11.6. The number of likely N-dealkylation sites (tertiary alicyclic amines) is 1. The van der Waals surface area contributed by atoms with Crippen molar-refractivity contribution in [2.45, 2.75) is 44.6 Å². The number of hydrogen-bond acceptors (Lipinski definition) is 5. The number of nitrogens with zero attached hydrogens (tertiary/aromatic N) is 4. The van der Waals surface area contributed by atoms with Crippen LogP contribution in [0.5, 0.6) is 0 Å². The van der Waals surface area contributed by atoms with Crippen molar-refractivity contribution in [2.75, 3.05) is 37.4 Å². The first-order valence-corrected chi connectivity index (χ1v) is 8.84. The smallest absolute Gasteiger partial charge is 0.324 e. The number of urea groups is 1. The Morgan fingerprint density at radius 1 is 1.42 bits per heavy atom. The van der Waals surface area contributed by atoms with E-state index < -0.39 is 0 Å². The molecule has 1 atom stereocenters. The summed E-state index contributed by atoms with van der Waals surface area (Å²) in [7, 11) is 3.83. The van der Waals surface area contributed by atoms with E-state index in [2.05, 4.69) is 15.3 Å². The molecule has 24 heavy (non-hydrogen) atoms. The summed E-state index contributed by atoms with van der Waals surface area (Å²) in [6.07, 6.45) is 8.40. The number of amides is 2. The van der Waals surface area contributed by atoms with Gasteiger partial charge < -0.3 is 15.5 Å². The topological polar surface area (TPSA) is 87.4 Å². The molecule has 7 nitrogen and oxygen atoms in total. The fourth-order valence-corrected chi connectivity index (χ4v) is 3.94. The van der Waals surface area contributed by atoms with Gasteiger partial charge in [0, 0.05) is 38.3 Å². The molecule has 1 saturated heterocycles. The van der Waals surface area contributed by atoms with Gasteiger partial charge in [-0.1, -0.05) is 6.42 Å². The third kappa shape index (κ3) is 3.17. The zero-order valence-electron chi connectivity index (χ0n) is 14.7. The Hall–Kier alpha value is -1.89. The molecule has 2 aliphatic rings. The Labute approximate surface area is 143 Å². The first-order valence-electron chi connectivity index (χ1n) is 8.84. The van der Waals surface area contributed by atoms with Gasteiger partial charge in [-0.15, -0.1) is 0 Å². The Balaban J connectivity index is 1.74. The average molecular weight is 332 g/mol. The lowest BCUT2D eigenvalue weighted by Crippen LogP contribution is -2.59. The largest absolute Gasteiger partial charge is 0.363 e. The van der Waals surface area contributed by atoms with Gasteiger partial charge in [0.2, 0.25) is 5.95 Å². The van der Waals surface area contributed by atoms with Crippen LogP contribution in [0.1, 0.15) is 38.5 Å². The van der Waals surface area contributed by atoms with Crippen LogP contribution in [-0.4, -0.2) is 54.1 Å². The maximum atomic E-state index is 12.8. The van der Waals surface area contributed by atoms with Gasteiger partial charge >= 0.3 is 6.03 Å². The van der Waals surface area contributed by atoms with Gasteiger partial charge in [0.05, 0.1) is 0 Å². The molecule has 0 radical (unpaired) electrons. The SMILES string of the molecule is CN(C)c1ccnc(NC(=O)N2CCCCC2C2(CN)CCC2)n1. The van der Waals surface area contributed by atoms with E-state index in [0.717, 1.165) is 38.0 Å². The second-order valence-corrected chi connectivity index (χ2v) is 7.19. The number of hydrogen-bond donors (Lipinski definition) is 2. The molecule has 3 rings (SSSR count). The van der Waals surface area contributed by atoms with Crippen LogP contribution >= 0.6 is 0 Å². The number of carbonyl (C=O) groups is 1. The summed E-state index contributed by atoms with van der Waals surface area (Å²) in [5.41, 5.74) is 6.19. The fraction of sp³-hybridized carbons (Fsp3) is 0.706. The number of rotatable bonds is 4. The molecule has 1 saturated carbocycles. The predicted molar refractivity (Wildman–Crippen MR) is 95.1 cm³/mol. The van der Waals surface area contributed by atoms with Crippen LogP contribution in [-0.2, 0) is 0 Å². The van der Waals surface area contributed by atoms with Crippen LogP contribution in [0.15, 0.2) is 12.3 Å². The molecule has 2 amide bonds. The fourth-order valence-electron chi connectivity index (χ4n) is 3.94. The molecule has 0 spiro atoms. The van der Waals surface area contributed by atoms with Gasteiger partial charge in [0.25, 0.3) is 0 Å². The minimum atomic E-state index is -0.102. The number of nitrogens with two attached hydrogens (primary N) is 1. The molecule has 0 bridgehead atoms. The van der Waals surface area contributed by atoms with E-state index in [-0.39, 0.29) is 17.5 Å². The van der Waals surface area contributed by atoms with E-state index in [1.165, 1.54) is 12.8 Å². The van der Waals surface area contributed by atoms with Crippen molar-refractivity contribution in [1.29, 1.82) is 0 Å². The number of carbonyl (C=O) groups excluding carboxylic acids is 1. The summed E-state index contributed by atoms with van der Waals surface area (Å²) in [6.45, 7) is 1.44. The van der Waals surface area contributed by atoms with Crippen molar-refractivity contribution < 1.29 is 4.79 Å². The van der Waals surface area contributed by atoms with Gasteiger partial charge in [-0.05, 0) is 44.7 Å². The normalized spacial score (nSPS) is 22.6. The first kappa shape index (κ1) is 17.0. The summed E-state index contributed by atoms with van der Waals surface area (Å²) in [5.74, 6) is 1.12. The van der Waals surface area contributed by atoms with E-state index in [1.54, 1.807) is 6.20 Å². The molecule has 1 aromatic rings. The third-order valence-electron chi connectivity index (χ3n) is 5.54. The zero-order chi connectivity index (χ0) is 17.2. The predicted octanol–water partition coefficient (Wildman–Crippen LogP) is 2.06. The summed E-state index contributed by atoms with van der Waals surface area (Å²) in [4.78, 5) is 25.3. The average Bonchev–Trinajstić information content (AvgIpc) is 2.55. The summed E-state index contributed by atoms with van der Waals surface area (Å²) in [5, 5.41) is 2.88. The highest BCUT2D eigenvalue weighted by Crippen LogP contribution is 2.47. The third-order valence-corrected chi connectivity index (χ3v) is 5.54. The van der Waals surface area contributed by atoms with Gasteiger partial charge in [-0.2, -0.15) is 4.98 Å². The van der Waals surface area contributed by atoms with E-state index in [0.29, 0.717) is 12.5 Å². The number of piperidine rings is 1. The quantitative estimate of drug-likeness (QED) is 0.881. The van der Waals surface area contributed by atoms with E-state index in [1.807, 2.05) is 30.0 Å². The molecular weight excluding hydrogens is 304 g/mol. The monoisotopic (exact) mass is 332 g/mol. The Morgan fingerprint density at radius 3 is 2.83 bits per heavy atom. The molecule has 1 aliphatic heterocycles.